The van der Waals surface area contributed by atoms with E-state index in [2.05, 4.69) is 43.5 Å². The molecule has 0 nitrogen and oxygen atoms in total. The van der Waals surface area contributed by atoms with Crippen LogP contribution in [0.1, 0.15) is 0 Å². The van der Waals surface area contributed by atoms with Crippen molar-refractivity contribution in [2.45, 2.75) is 4.18 Å². The fourth-order valence-electron chi connectivity index (χ4n) is 0.164. The summed E-state index contributed by atoms with van der Waals surface area (Å²) in [6, 6.07) is 0. The molecule has 0 bridgehead atoms. The molecule has 7 heavy (non-hydrogen) atoms. The molecule has 42 valence electrons. The number of hydrogen-bond donors (Lipinski definition) is 0. The summed E-state index contributed by atoms with van der Waals surface area (Å²) in [5, 5.41) is 0. The van der Waals surface area contributed by atoms with E-state index < -0.39 is 13.0 Å². The van der Waals surface area contributed by atoms with Crippen molar-refractivity contribution in [3.63, 3.8) is 0 Å². The van der Waals surface area contributed by atoms with E-state index >= 15 is 0 Å². The monoisotopic (exact) mass is 458 g/mol. The van der Waals surface area contributed by atoms with Crippen LogP contribution >= 0.6 is 36.9 Å². The second kappa shape index (κ2) is 3.96. The van der Waals surface area contributed by atoms with Crippen molar-refractivity contribution < 1.29 is 13.0 Å². The fourth-order valence-corrected chi connectivity index (χ4v) is 6.96. The molecule has 0 saturated heterocycles. The molecule has 0 spiro atoms. The third-order valence-electron chi connectivity index (χ3n) is 0.376. The first-order valence-corrected chi connectivity index (χ1v) is 27.8. The molecule has 0 aromatic heterocycles. The van der Waals surface area contributed by atoms with E-state index in [0.29, 0.717) is 0 Å². The summed E-state index contributed by atoms with van der Waals surface area (Å²) in [5.41, 5.74) is 0. The van der Waals surface area contributed by atoms with Crippen molar-refractivity contribution in [2.75, 3.05) is 0 Å². The topological polar surface area (TPSA) is 0 Å². The van der Waals surface area contributed by atoms with Gasteiger partial charge in [0.15, 0.2) is 0 Å². The van der Waals surface area contributed by atoms with Gasteiger partial charge in [0.25, 0.3) is 0 Å². The zero-order chi connectivity index (χ0) is 5.91. The van der Waals surface area contributed by atoms with Crippen LogP contribution in [0.25, 0.3) is 0 Å². The van der Waals surface area contributed by atoms with Crippen LogP contribution in [-0.2, 0) is 13.0 Å². The molecule has 0 heterocycles. The van der Waals surface area contributed by atoms with E-state index in [4.69, 9.17) is 0 Å². The average Bonchev–Trinajstić information content (AvgIpc) is 1.30. The van der Waals surface area contributed by atoms with Crippen molar-refractivity contribution in [1.29, 1.82) is 0 Å². The average molecular weight is 459 g/mol. The molecule has 0 aliphatic rings. The van der Waals surface area contributed by atoms with Crippen molar-refractivity contribution in [3.05, 3.63) is 12.7 Å². The van der Waals surface area contributed by atoms with Gasteiger partial charge in [-0.1, -0.05) is 0 Å². The van der Waals surface area contributed by atoms with E-state index in [1.807, 2.05) is 6.08 Å². The second-order valence-corrected chi connectivity index (χ2v) is 66.4. The molecule has 0 atom stereocenters. The predicted octanol–water partition coefficient (Wildman–Crippen LogP) is 3.67. The van der Waals surface area contributed by atoms with Crippen LogP contribution in [0.4, 0.5) is 0 Å². The SMILES string of the molecule is C=C[CH2][Hf]([Br])([Br])[Br]. The molecule has 0 aliphatic heterocycles. The van der Waals surface area contributed by atoms with Gasteiger partial charge in [-0.05, 0) is 0 Å². The third kappa shape index (κ3) is 8.05. The van der Waals surface area contributed by atoms with Crippen molar-refractivity contribution in [2.24, 2.45) is 0 Å². The predicted molar refractivity (Wildman–Crippen MR) is 41.8 cm³/mol. The Labute approximate surface area is 65.6 Å². The van der Waals surface area contributed by atoms with Gasteiger partial charge in [0, 0.05) is 0 Å². The van der Waals surface area contributed by atoms with E-state index in [0.717, 1.165) is 4.18 Å². The van der Waals surface area contributed by atoms with Crippen LogP contribution < -0.4 is 0 Å². The molecular formula is C3H5Br3Hf. The first kappa shape index (κ1) is 9.05. The molecule has 0 unspecified atom stereocenters. The standard InChI is InChI=1S/C3H5.3BrH.Hf/c1-3-2;;;;/h3H,1-2H2;3*1H;/q;;;;+3/p-3. The van der Waals surface area contributed by atoms with Gasteiger partial charge in [-0.15, -0.1) is 0 Å². The van der Waals surface area contributed by atoms with Crippen LogP contribution in [0, 0.1) is 0 Å². The summed E-state index contributed by atoms with van der Waals surface area (Å²) in [7, 11) is 0. The van der Waals surface area contributed by atoms with Gasteiger partial charge < -0.3 is 0 Å². The normalized spacial score (nSPS) is 11.3. The van der Waals surface area contributed by atoms with Crippen LogP contribution in [0.15, 0.2) is 12.7 Å². The Bertz CT molecular complexity index is 65.1. The zero-order valence-corrected chi connectivity index (χ0v) is 12.0. The molecule has 4 heteroatoms. The van der Waals surface area contributed by atoms with E-state index in [1.54, 1.807) is 0 Å². The summed E-state index contributed by atoms with van der Waals surface area (Å²) in [6.07, 6.45) is 1.92. The third-order valence-corrected chi connectivity index (χ3v) is 11.0. The number of rotatable bonds is 2. The zero-order valence-electron chi connectivity index (χ0n) is 3.63. The molecule has 0 aliphatic carbocycles. The van der Waals surface area contributed by atoms with Gasteiger partial charge in [0.05, 0.1) is 0 Å². The first-order valence-electron chi connectivity index (χ1n) is 1.74. The van der Waals surface area contributed by atoms with Gasteiger partial charge >= 0.3 is 66.7 Å². The van der Waals surface area contributed by atoms with Gasteiger partial charge in [0.2, 0.25) is 0 Å². The molecule has 0 N–H and O–H groups in total. The Morgan fingerprint density at radius 2 is 1.86 bits per heavy atom. The van der Waals surface area contributed by atoms with E-state index in [9.17, 15) is 0 Å². The van der Waals surface area contributed by atoms with Crippen LogP contribution in [-0.4, -0.2) is 0 Å². The molecular weight excluding hydrogens is 454 g/mol. The van der Waals surface area contributed by atoms with Crippen LogP contribution in [0.3, 0.4) is 0 Å². The Morgan fingerprint density at radius 1 is 1.43 bits per heavy atom. The minimum absolute atomic E-state index is 1.08. The Balaban J connectivity index is 3.34. The van der Waals surface area contributed by atoms with Crippen LogP contribution in [0.2, 0.25) is 4.18 Å². The summed E-state index contributed by atoms with van der Waals surface area (Å²) >= 11 is 8.51. The second-order valence-electron chi connectivity index (χ2n) is 1.11. The van der Waals surface area contributed by atoms with Gasteiger partial charge in [-0.2, -0.15) is 0 Å². The number of hydrogen-bond acceptors (Lipinski definition) is 0. The van der Waals surface area contributed by atoms with Crippen molar-refractivity contribution in [3.8, 4) is 0 Å². The minimum atomic E-state index is -2.06. The molecule has 0 aromatic carbocycles. The van der Waals surface area contributed by atoms with E-state index in [-0.39, 0.29) is 0 Å². The summed E-state index contributed by atoms with van der Waals surface area (Å²) in [4.78, 5) is 0. The van der Waals surface area contributed by atoms with E-state index in [1.165, 1.54) is 0 Å². The van der Waals surface area contributed by atoms with Crippen LogP contribution in [0.5, 0.6) is 0 Å². The summed E-state index contributed by atoms with van der Waals surface area (Å²) in [5.74, 6) is 0. The summed E-state index contributed by atoms with van der Waals surface area (Å²) < 4.78 is 1.08. The first-order chi connectivity index (χ1) is 3.06. The number of allylic oxidation sites excluding steroid dienone is 1. The fraction of sp³-hybridized carbons (Fsp3) is 0.333. The summed E-state index contributed by atoms with van der Waals surface area (Å²) in [6.45, 7) is 3.61. The number of halogens is 3. The molecule has 0 fully saturated rings. The maximum atomic E-state index is 3.61. The van der Waals surface area contributed by atoms with Crippen molar-refractivity contribution >= 4 is 36.9 Å². The van der Waals surface area contributed by atoms with Gasteiger partial charge in [-0.25, -0.2) is 0 Å². The molecule has 0 aromatic rings. The Kier molecular flexibility index (Phi) is 5.12. The molecule has 0 radical (unpaired) electrons. The molecule has 0 rings (SSSR count). The maximum absolute atomic E-state index is 3.61. The quantitative estimate of drug-likeness (QED) is 0.437. The Hall–Kier alpha value is 2.05. The van der Waals surface area contributed by atoms with Gasteiger partial charge in [-0.3, -0.25) is 0 Å². The molecule has 0 amide bonds. The van der Waals surface area contributed by atoms with Crippen molar-refractivity contribution in [1.82, 2.24) is 0 Å². The Morgan fingerprint density at radius 3 is 1.86 bits per heavy atom. The van der Waals surface area contributed by atoms with Gasteiger partial charge in [0.1, 0.15) is 0 Å². The molecule has 0 saturated carbocycles.